The van der Waals surface area contributed by atoms with Crippen molar-refractivity contribution >= 4 is 18.4 Å². The van der Waals surface area contributed by atoms with E-state index in [1.54, 1.807) is 26.0 Å². The van der Waals surface area contributed by atoms with Crippen molar-refractivity contribution in [3.63, 3.8) is 0 Å². The van der Waals surface area contributed by atoms with Gasteiger partial charge in [-0.15, -0.1) is 12.4 Å². The fraction of sp³-hybridized carbons (Fsp3) is 0.208. The first-order valence-corrected chi connectivity index (χ1v) is 9.35. The van der Waals surface area contributed by atoms with E-state index in [-0.39, 0.29) is 18.4 Å². The number of benzene rings is 3. The molecule has 3 rings (SSSR count). The van der Waals surface area contributed by atoms with E-state index in [0.717, 1.165) is 5.56 Å². The van der Waals surface area contributed by atoms with Crippen molar-refractivity contribution < 1.29 is 19.0 Å². The lowest BCUT2D eigenvalue weighted by molar-refractivity contribution is -0.152. The first-order chi connectivity index (χ1) is 13.9. The molecule has 0 aromatic heterocycles. The summed E-state index contributed by atoms with van der Waals surface area (Å²) in [4.78, 5) is 12.2. The van der Waals surface area contributed by atoms with E-state index in [0.29, 0.717) is 23.0 Å². The lowest BCUT2D eigenvalue weighted by atomic mass is 9.81. The summed E-state index contributed by atoms with van der Waals surface area (Å²) in [7, 11) is 1.36. The average molecular weight is 428 g/mol. The molecule has 0 saturated carbocycles. The van der Waals surface area contributed by atoms with E-state index >= 15 is 0 Å². The number of hydrogen-bond acceptors (Lipinski definition) is 5. The highest BCUT2D eigenvalue weighted by atomic mass is 35.5. The van der Waals surface area contributed by atoms with Gasteiger partial charge in [0.25, 0.3) is 0 Å². The maximum atomic E-state index is 12.2. The molecule has 0 aliphatic rings. The number of carbonyl (C=O) groups is 1. The second-order valence-electron chi connectivity index (χ2n) is 7.23. The van der Waals surface area contributed by atoms with Gasteiger partial charge in [0, 0.05) is 6.04 Å². The fourth-order valence-electron chi connectivity index (χ4n) is 2.92. The monoisotopic (exact) mass is 427 g/mol. The van der Waals surface area contributed by atoms with Crippen LogP contribution in [0.5, 0.6) is 23.0 Å². The van der Waals surface area contributed by atoms with Crippen LogP contribution in [0.3, 0.4) is 0 Å². The predicted molar refractivity (Wildman–Crippen MR) is 119 cm³/mol. The van der Waals surface area contributed by atoms with Crippen molar-refractivity contribution in [2.75, 3.05) is 7.11 Å². The van der Waals surface area contributed by atoms with Crippen LogP contribution in [-0.4, -0.2) is 13.1 Å². The van der Waals surface area contributed by atoms with E-state index in [1.807, 2.05) is 66.7 Å². The molecule has 0 bridgehead atoms. The highest BCUT2D eigenvalue weighted by molar-refractivity contribution is 5.85. The molecule has 0 spiro atoms. The number of esters is 1. The zero-order valence-corrected chi connectivity index (χ0v) is 18.0. The Balaban J connectivity index is 0.00000320. The number of hydrogen-bond donors (Lipinski definition) is 1. The third kappa shape index (κ3) is 5.32. The molecular weight excluding hydrogens is 402 g/mol. The van der Waals surface area contributed by atoms with Crippen molar-refractivity contribution in [2.24, 2.45) is 11.1 Å². The molecule has 0 heterocycles. The summed E-state index contributed by atoms with van der Waals surface area (Å²) in [5, 5.41) is 0. The summed E-state index contributed by atoms with van der Waals surface area (Å²) in [6.45, 7) is 3.52. The largest absolute Gasteiger partial charge is 0.469 e. The van der Waals surface area contributed by atoms with E-state index in [4.69, 9.17) is 19.9 Å². The van der Waals surface area contributed by atoms with E-state index in [2.05, 4.69) is 0 Å². The van der Waals surface area contributed by atoms with Gasteiger partial charge in [0.05, 0.1) is 12.5 Å². The molecule has 6 heteroatoms. The maximum absolute atomic E-state index is 12.2. The normalized spacial score (nSPS) is 11.7. The summed E-state index contributed by atoms with van der Waals surface area (Å²) in [5.41, 5.74) is 6.26. The Labute approximate surface area is 183 Å². The van der Waals surface area contributed by atoms with Crippen LogP contribution in [0, 0.1) is 5.41 Å². The van der Waals surface area contributed by atoms with Gasteiger partial charge in [0.2, 0.25) is 0 Å². The molecule has 0 radical (unpaired) electrons. The molecule has 0 unspecified atom stereocenters. The highest BCUT2D eigenvalue weighted by Crippen LogP contribution is 2.40. The molecule has 2 N–H and O–H groups in total. The highest BCUT2D eigenvalue weighted by Gasteiger charge is 2.37. The molecule has 0 aliphatic heterocycles. The van der Waals surface area contributed by atoms with Crippen LogP contribution >= 0.6 is 12.4 Å². The van der Waals surface area contributed by atoms with Gasteiger partial charge in [0.1, 0.15) is 11.5 Å². The fourth-order valence-corrected chi connectivity index (χ4v) is 2.92. The Kier molecular flexibility index (Phi) is 7.86. The van der Waals surface area contributed by atoms with Gasteiger partial charge in [-0.05, 0) is 55.8 Å². The summed E-state index contributed by atoms with van der Waals surface area (Å²) >= 11 is 0. The number of methoxy groups -OCH3 is 1. The van der Waals surface area contributed by atoms with Crippen LogP contribution in [0.25, 0.3) is 0 Å². The second-order valence-corrected chi connectivity index (χ2v) is 7.23. The summed E-state index contributed by atoms with van der Waals surface area (Å²) in [6.07, 6.45) is 0. The van der Waals surface area contributed by atoms with E-state index in [1.165, 1.54) is 7.11 Å². The van der Waals surface area contributed by atoms with Gasteiger partial charge in [-0.3, -0.25) is 4.79 Å². The van der Waals surface area contributed by atoms with Crippen LogP contribution in [0.1, 0.15) is 25.5 Å². The second kappa shape index (κ2) is 10.1. The predicted octanol–water partition coefficient (Wildman–Crippen LogP) is 5.89. The Morgan fingerprint density at radius 3 is 1.83 bits per heavy atom. The van der Waals surface area contributed by atoms with Crippen LogP contribution < -0.4 is 15.2 Å². The summed E-state index contributed by atoms with van der Waals surface area (Å²) in [5.74, 6) is 2.04. The first-order valence-electron chi connectivity index (χ1n) is 9.35. The van der Waals surface area contributed by atoms with Crippen LogP contribution in [0.4, 0.5) is 0 Å². The maximum Gasteiger partial charge on any atom is 0.313 e. The van der Waals surface area contributed by atoms with Gasteiger partial charge in [0.15, 0.2) is 11.5 Å². The molecule has 3 aromatic rings. The molecule has 158 valence electrons. The van der Waals surface area contributed by atoms with Gasteiger partial charge in [-0.1, -0.05) is 42.5 Å². The van der Waals surface area contributed by atoms with Gasteiger partial charge >= 0.3 is 5.97 Å². The molecule has 0 amide bonds. The lowest BCUT2D eigenvalue weighted by Gasteiger charge is -2.29. The molecule has 0 fully saturated rings. The SMILES string of the molecule is COC(=O)C(C)(C)[C@H](N)c1ccc(Oc2ccccc2)c(Oc2ccccc2)c1.Cl. The minimum Gasteiger partial charge on any atom is -0.469 e. The van der Waals surface area contributed by atoms with Crippen molar-refractivity contribution in [3.8, 4) is 23.0 Å². The molecule has 30 heavy (non-hydrogen) atoms. The standard InChI is InChI=1S/C24H25NO4.ClH/c1-24(2,23(26)27-3)22(25)17-14-15-20(28-18-10-6-4-7-11-18)21(16-17)29-19-12-8-5-9-13-19;/h4-16,22H,25H2,1-3H3;1H/t22-;/m1./s1. The number of rotatable bonds is 7. The molecule has 0 saturated heterocycles. The summed E-state index contributed by atoms with van der Waals surface area (Å²) in [6, 6.07) is 23.7. The topological polar surface area (TPSA) is 70.8 Å². The van der Waals surface area contributed by atoms with Crippen LogP contribution in [0.2, 0.25) is 0 Å². The van der Waals surface area contributed by atoms with Gasteiger partial charge < -0.3 is 19.9 Å². The number of ether oxygens (including phenoxy) is 3. The minimum absolute atomic E-state index is 0. The average Bonchev–Trinajstić information content (AvgIpc) is 2.75. The number of carbonyl (C=O) groups excluding carboxylic acids is 1. The van der Waals surface area contributed by atoms with E-state index in [9.17, 15) is 4.79 Å². The van der Waals surface area contributed by atoms with Crippen molar-refractivity contribution in [2.45, 2.75) is 19.9 Å². The van der Waals surface area contributed by atoms with Crippen LogP contribution in [0.15, 0.2) is 78.9 Å². The van der Waals surface area contributed by atoms with Crippen molar-refractivity contribution in [1.29, 1.82) is 0 Å². The number of halogens is 1. The molecule has 3 aromatic carbocycles. The minimum atomic E-state index is -0.902. The van der Waals surface area contributed by atoms with Gasteiger partial charge in [-0.25, -0.2) is 0 Å². The number of para-hydroxylation sites is 2. The Hall–Kier alpha value is -3.02. The van der Waals surface area contributed by atoms with E-state index < -0.39 is 11.5 Å². The Morgan fingerprint density at radius 1 is 0.833 bits per heavy atom. The molecule has 1 atom stereocenters. The zero-order valence-electron chi connectivity index (χ0n) is 17.2. The van der Waals surface area contributed by atoms with Crippen molar-refractivity contribution in [1.82, 2.24) is 0 Å². The number of nitrogens with two attached hydrogens (primary N) is 1. The Bertz CT molecular complexity index is 961. The Morgan fingerprint density at radius 2 is 1.33 bits per heavy atom. The summed E-state index contributed by atoms with van der Waals surface area (Å²) < 4.78 is 17.0. The van der Waals surface area contributed by atoms with Crippen molar-refractivity contribution in [3.05, 3.63) is 84.4 Å². The smallest absolute Gasteiger partial charge is 0.313 e. The quantitative estimate of drug-likeness (QED) is 0.476. The third-order valence-corrected chi connectivity index (χ3v) is 4.76. The molecule has 0 aliphatic carbocycles. The first kappa shape index (κ1) is 23.3. The zero-order chi connectivity index (χ0) is 20.9. The molecular formula is C24H26ClNO4. The van der Waals surface area contributed by atoms with Crippen LogP contribution in [-0.2, 0) is 9.53 Å². The lowest BCUT2D eigenvalue weighted by Crippen LogP contribution is -2.37. The molecule has 5 nitrogen and oxygen atoms in total. The van der Waals surface area contributed by atoms with Gasteiger partial charge in [-0.2, -0.15) is 0 Å². The third-order valence-electron chi connectivity index (χ3n) is 4.76.